The van der Waals surface area contributed by atoms with Crippen LogP contribution >= 0.6 is 0 Å². The molecule has 0 unspecified atom stereocenters. The molecule has 8 heteroatoms. The molecule has 0 saturated carbocycles. The number of nitrogens with zero attached hydrogens (tertiary/aromatic N) is 1. The molecule has 2 aromatic rings. The molecule has 0 fully saturated rings. The summed E-state index contributed by atoms with van der Waals surface area (Å²) in [5.74, 6) is -0.516. The van der Waals surface area contributed by atoms with Crippen LogP contribution in [0.4, 0.5) is 4.79 Å². The number of aliphatic carboxylic acids is 1. The summed E-state index contributed by atoms with van der Waals surface area (Å²) in [6.45, 7) is 16.0. The van der Waals surface area contributed by atoms with Gasteiger partial charge in [-0.1, -0.05) is 63.2 Å². The Labute approximate surface area is 216 Å². The summed E-state index contributed by atoms with van der Waals surface area (Å²) >= 11 is 0. The number of likely N-dealkylation sites (N-methyl/N-ethyl adjacent to an activating group) is 1. The maximum Gasteiger partial charge on any atom is 0.410 e. The van der Waals surface area contributed by atoms with E-state index >= 15 is 0 Å². The molecule has 0 aliphatic carbocycles. The quantitative estimate of drug-likeness (QED) is 0.376. The normalized spacial score (nSPS) is 14.0. The van der Waals surface area contributed by atoms with Crippen molar-refractivity contribution >= 4 is 20.4 Å². The van der Waals surface area contributed by atoms with Gasteiger partial charge in [0.25, 0.3) is 0 Å². The molecule has 1 amide bonds. The number of amides is 1. The zero-order valence-electron chi connectivity index (χ0n) is 23.0. The first-order chi connectivity index (χ1) is 16.5. The lowest BCUT2D eigenvalue weighted by Gasteiger charge is -2.42. The van der Waals surface area contributed by atoms with E-state index in [9.17, 15) is 14.7 Å². The van der Waals surface area contributed by atoms with Crippen LogP contribution in [0, 0.1) is 0 Å². The first-order valence-corrected chi connectivity index (χ1v) is 15.1. The van der Waals surface area contributed by atoms with Crippen LogP contribution in [0.25, 0.3) is 0 Å². The molecule has 1 N–H and O–H groups in total. The zero-order chi connectivity index (χ0) is 27.3. The molecule has 0 heterocycles. The number of carbonyl (C=O) groups is 2. The van der Waals surface area contributed by atoms with Crippen LogP contribution in [0.3, 0.4) is 0 Å². The van der Waals surface area contributed by atoms with E-state index in [0.717, 1.165) is 10.5 Å². The van der Waals surface area contributed by atoms with Gasteiger partial charge in [0.05, 0.1) is 0 Å². The minimum atomic E-state index is -2.43. The van der Waals surface area contributed by atoms with Crippen molar-refractivity contribution < 1.29 is 28.6 Å². The van der Waals surface area contributed by atoms with Crippen molar-refractivity contribution in [3.8, 4) is 5.75 Å². The van der Waals surface area contributed by atoms with Crippen molar-refractivity contribution in [1.82, 2.24) is 4.90 Å². The standard InChI is InChI=1S/C28H41NO6Si/c1-27(2,3)34-26(32)29(7)23(25(30)31)24(35-36(8,9)28(4,5)6)21-15-17-22(18-16-21)33-19-20-13-11-10-12-14-20/h10-18,23-24H,19H2,1-9H3,(H,30,31)/t23-,24-/m0/s1. The topological polar surface area (TPSA) is 85.3 Å². The fraction of sp³-hybridized carbons (Fsp3) is 0.500. The Morgan fingerprint density at radius 1 is 0.944 bits per heavy atom. The summed E-state index contributed by atoms with van der Waals surface area (Å²) in [7, 11) is -0.996. The van der Waals surface area contributed by atoms with Gasteiger partial charge in [-0.25, -0.2) is 9.59 Å². The minimum absolute atomic E-state index is 0.169. The highest BCUT2D eigenvalue weighted by Crippen LogP contribution is 2.41. The third kappa shape index (κ3) is 8.10. The molecule has 0 aromatic heterocycles. The van der Waals surface area contributed by atoms with Crippen LogP contribution in [0.15, 0.2) is 54.6 Å². The van der Waals surface area contributed by atoms with Gasteiger partial charge in [-0.3, -0.25) is 4.90 Å². The number of benzene rings is 2. The largest absolute Gasteiger partial charge is 0.489 e. The van der Waals surface area contributed by atoms with E-state index in [0.29, 0.717) is 17.9 Å². The van der Waals surface area contributed by atoms with Crippen LogP contribution in [0.2, 0.25) is 18.1 Å². The zero-order valence-corrected chi connectivity index (χ0v) is 24.0. The summed E-state index contributed by atoms with van der Waals surface area (Å²) < 4.78 is 18.0. The van der Waals surface area contributed by atoms with Crippen LogP contribution in [0.1, 0.15) is 58.8 Å². The second kappa shape index (κ2) is 11.5. The second-order valence-corrected chi connectivity index (χ2v) is 16.3. The predicted molar refractivity (Wildman–Crippen MR) is 144 cm³/mol. The Morgan fingerprint density at radius 2 is 1.50 bits per heavy atom. The molecule has 36 heavy (non-hydrogen) atoms. The van der Waals surface area contributed by atoms with Crippen molar-refractivity contribution in [3.63, 3.8) is 0 Å². The molecular weight excluding hydrogens is 474 g/mol. The van der Waals surface area contributed by atoms with E-state index in [2.05, 4.69) is 33.9 Å². The molecule has 0 spiro atoms. The first-order valence-electron chi connectivity index (χ1n) is 12.1. The van der Waals surface area contributed by atoms with Crippen molar-refractivity contribution in [2.45, 2.75) is 84.0 Å². The summed E-state index contributed by atoms with van der Waals surface area (Å²) in [6.07, 6.45) is -1.62. The van der Waals surface area contributed by atoms with Gasteiger partial charge < -0.3 is 19.0 Å². The summed E-state index contributed by atoms with van der Waals surface area (Å²) in [5, 5.41) is 10.1. The number of hydrogen-bond donors (Lipinski definition) is 1. The van der Waals surface area contributed by atoms with Gasteiger partial charge in [0.2, 0.25) is 0 Å². The minimum Gasteiger partial charge on any atom is -0.489 e. The van der Waals surface area contributed by atoms with E-state index in [-0.39, 0.29) is 5.04 Å². The molecule has 0 aliphatic heterocycles. The van der Waals surface area contributed by atoms with Gasteiger partial charge in [-0.05, 0) is 62.2 Å². The van der Waals surface area contributed by atoms with E-state index in [1.54, 1.807) is 45.0 Å². The SMILES string of the molecule is CN(C(=O)OC(C)(C)C)[C@H](C(=O)O)[C@@H](O[Si](C)(C)C(C)(C)C)c1ccc(OCc2ccccc2)cc1. The smallest absolute Gasteiger partial charge is 0.410 e. The van der Waals surface area contributed by atoms with Gasteiger partial charge in [0, 0.05) is 7.05 Å². The van der Waals surface area contributed by atoms with Gasteiger partial charge in [-0.15, -0.1) is 0 Å². The maximum atomic E-state index is 12.9. The average molecular weight is 516 g/mol. The fourth-order valence-electron chi connectivity index (χ4n) is 3.25. The lowest BCUT2D eigenvalue weighted by atomic mass is 10.0. The molecule has 2 rings (SSSR count). The number of carboxylic acids is 1. The van der Waals surface area contributed by atoms with Gasteiger partial charge in [-0.2, -0.15) is 0 Å². The highest BCUT2D eigenvalue weighted by Gasteiger charge is 2.45. The molecule has 2 atom stereocenters. The van der Waals surface area contributed by atoms with Crippen LogP contribution in [-0.4, -0.2) is 49.1 Å². The fourth-order valence-corrected chi connectivity index (χ4v) is 4.50. The Hall–Kier alpha value is -2.84. The van der Waals surface area contributed by atoms with Crippen LogP contribution < -0.4 is 4.74 Å². The van der Waals surface area contributed by atoms with Crippen LogP contribution in [0.5, 0.6) is 5.75 Å². The monoisotopic (exact) mass is 515 g/mol. The molecule has 7 nitrogen and oxygen atoms in total. The Balaban J connectivity index is 2.40. The van der Waals surface area contributed by atoms with Crippen molar-refractivity contribution in [2.24, 2.45) is 0 Å². The highest BCUT2D eigenvalue weighted by molar-refractivity contribution is 6.74. The molecular formula is C28H41NO6Si. The molecule has 0 bridgehead atoms. The first kappa shape index (κ1) is 29.4. The Kier molecular flexibility index (Phi) is 9.37. The highest BCUT2D eigenvalue weighted by atomic mass is 28.4. The lowest BCUT2D eigenvalue weighted by molar-refractivity contribution is -0.146. The van der Waals surface area contributed by atoms with Gasteiger partial charge in [0.15, 0.2) is 14.4 Å². The maximum absolute atomic E-state index is 12.9. The predicted octanol–water partition coefficient (Wildman–Crippen LogP) is 6.65. The molecule has 0 saturated heterocycles. The molecule has 0 radical (unpaired) electrons. The molecule has 198 valence electrons. The van der Waals surface area contributed by atoms with Crippen molar-refractivity contribution in [2.75, 3.05) is 7.05 Å². The second-order valence-electron chi connectivity index (χ2n) is 11.5. The molecule has 0 aliphatic rings. The summed E-state index contributed by atoms with van der Waals surface area (Å²) in [4.78, 5) is 26.5. The van der Waals surface area contributed by atoms with Crippen molar-refractivity contribution in [3.05, 3.63) is 65.7 Å². The van der Waals surface area contributed by atoms with E-state index < -0.39 is 38.1 Å². The van der Waals surface area contributed by atoms with E-state index in [1.807, 2.05) is 30.3 Å². The Bertz CT molecular complexity index is 1010. The molecule has 2 aromatic carbocycles. The summed E-state index contributed by atoms with van der Waals surface area (Å²) in [6, 6.07) is 15.8. The number of rotatable bonds is 9. The van der Waals surface area contributed by atoms with Crippen molar-refractivity contribution in [1.29, 1.82) is 0 Å². The Morgan fingerprint density at radius 3 is 1.97 bits per heavy atom. The third-order valence-corrected chi connectivity index (χ3v) is 10.8. The summed E-state index contributed by atoms with van der Waals surface area (Å²) in [5.41, 5.74) is 0.933. The number of ether oxygens (including phenoxy) is 2. The number of carboxylic acid groups (broad SMARTS) is 1. The lowest BCUT2D eigenvalue weighted by Crippen LogP contribution is -2.52. The van der Waals surface area contributed by atoms with Gasteiger partial charge in [0.1, 0.15) is 24.1 Å². The third-order valence-electron chi connectivity index (χ3n) is 6.32. The van der Waals surface area contributed by atoms with Crippen LogP contribution in [-0.2, 0) is 20.6 Å². The van der Waals surface area contributed by atoms with E-state index in [1.165, 1.54) is 7.05 Å². The number of hydrogen-bond acceptors (Lipinski definition) is 5. The van der Waals surface area contributed by atoms with Gasteiger partial charge >= 0.3 is 12.1 Å². The average Bonchev–Trinajstić information content (AvgIpc) is 2.76. The van der Waals surface area contributed by atoms with E-state index in [4.69, 9.17) is 13.9 Å². The number of carbonyl (C=O) groups excluding carboxylic acids is 1.